The highest BCUT2D eigenvalue weighted by Gasteiger charge is 2.48. The maximum absolute atomic E-state index is 12.4. The largest absolute Gasteiger partial charge is 0.469 e. The van der Waals surface area contributed by atoms with Crippen LogP contribution < -0.4 is 5.73 Å². The number of hydrogen-bond donors (Lipinski definition) is 1. The number of nitrogens with zero attached hydrogens (tertiary/aromatic N) is 1. The van der Waals surface area contributed by atoms with Gasteiger partial charge in [0.2, 0.25) is 0 Å². The fraction of sp³-hybridized carbons (Fsp3) is 0.938. The maximum Gasteiger partial charge on any atom is 0.312 e. The average Bonchev–Trinajstić information content (AvgIpc) is 2.53. The molecule has 1 saturated heterocycles. The number of piperidine rings is 1. The lowest BCUT2D eigenvalue weighted by Gasteiger charge is -2.45. The molecule has 1 aliphatic heterocycles. The number of methoxy groups -OCH3 is 1. The van der Waals surface area contributed by atoms with Crippen LogP contribution in [0.25, 0.3) is 0 Å². The Morgan fingerprint density at radius 1 is 1.25 bits per heavy atom. The van der Waals surface area contributed by atoms with Crippen LogP contribution in [0, 0.1) is 11.3 Å². The molecular formula is C16H30N2O2. The average molecular weight is 282 g/mol. The summed E-state index contributed by atoms with van der Waals surface area (Å²) in [5, 5.41) is 0. The normalized spacial score (nSPS) is 24.5. The second-order valence-corrected chi connectivity index (χ2v) is 6.47. The molecule has 1 heterocycles. The zero-order valence-electron chi connectivity index (χ0n) is 12.9. The third-order valence-electron chi connectivity index (χ3n) is 5.41. The van der Waals surface area contributed by atoms with E-state index in [0.717, 1.165) is 45.4 Å². The minimum atomic E-state index is -0.200. The van der Waals surface area contributed by atoms with E-state index in [1.54, 1.807) is 7.11 Å². The van der Waals surface area contributed by atoms with Gasteiger partial charge in [-0.25, -0.2) is 0 Å². The van der Waals surface area contributed by atoms with Crippen LogP contribution in [0.4, 0.5) is 0 Å². The Morgan fingerprint density at radius 2 is 1.90 bits per heavy atom. The zero-order chi connectivity index (χ0) is 14.4. The van der Waals surface area contributed by atoms with Crippen molar-refractivity contribution in [1.82, 2.24) is 4.90 Å². The smallest absolute Gasteiger partial charge is 0.312 e. The summed E-state index contributed by atoms with van der Waals surface area (Å²) in [7, 11) is 1.55. The second kappa shape index (κ2) is 7.41. The first-order chi connectivity index (χ1) is 9.73. The van der Waals surface area contributed by atoms with E-state index in [9.17, 15) is 4.79 Å². The van der Waals surface area contributed by atoms with Crippen molar-refractivity contribution in [3.8, 4) is 0 Å². The van der Waals surface area contributed by atoms with Gasteiger partial charge in [0.05, 0.1) is 12.5 Å². The molecule has 2 rings (SSSR count). The SMILES string of the molecule is COC(=O)C1(C2CCCCC2)CCN(CCCN)CC1. The van der Waals surface area contributed by atoms with Crippen LogP contribution in [0.3, 0.4) is 0 Å². The van der Waals surface area contributed by atoms with Crippen molar-refractivity contribution in [1.29, 1.82) is 0 Å². The van der Waals surface area contributed by atoms with E-state index >= 15 is 0 Å². The van der Waals surface area contributed by atoms with E-state index < -0.39 is 0 Å². The summed E-state index contributed by atoms with van der Waals surface area (Å²) in [5.41, 5.74) is 5.38. The molecule has 0 atom stereocenters. The van der Waals surface area contributed by atoms with E-state index in [-0.39, 0.29) is 11.4 Å². The monoisotopic (exact) mass is 282 g/mol. The molecule has 0 aromatic heterocycles. The van der Waals surface area contributed by atoms with Gasteiger partial charge < -0.3 is 15.4 Å². The first-order valence-corrected chi connectivity index (χ1v) is 8.24. The standard InChI is InChI=1S/C16H30N2O2/c1-20-15(19)16(14-6-3-2-4-7-14)8-12-18(13-9-16)11-5-10-17/h14H,2-13,17H2,1H3. The molecule has 4 nitrogen and oxygen atoms in total. The number of carbonyl (C=O) groups excluding carboxylic acids is 1. The van der Waals surface area contributed by atoms with Gasteiger partial charge in [-0.05, 0) is 64.2 Å². The summed E-state index contributed by atoms with van der Waals surface area (Å²) in [6.45, 7) is 3.86. The molecule has 0 aromatic rings. The van der Waals surface area contributed by atoms with Gasteiger partial charge in [-0.3, -0.25) is 4.79 Å². The molecule has 1 saturated carbocycles. The molecule has 4 heteroatoms. The molecule has 0 bridgehead atoms. The Hall–Kier alpha value is -0.610. The third-order valence-corrected chi connectivity index (χ3v) is 5.41. The molecule has 0 unspecified atom stereocenters. The molecule has 2 fully saturated rings. The van der Waals surface area contributed by atoms with Crippen LogP contribution in [-0.4, -0.2) is 44.2 Å². The number of likely N-dealkylation sites (tertiary alicyclic amines) is 1. The molecule has 2 N–H and O–H groups in total. The zero-order valence-corrected chi connectivity index (χ0v) is 12.9. The van der Waals surface area contributed by atoms with Crippen molar-refractivity contribution in [3.63, 3.8) is 0 Å². The molecule has 2 aliphatic rings. The first-order valence-electron chi connectivity index (χ1n) is 8.24. The highest BCUT2D eigenvalue weighted by Crippen LogP contribution is 2.46. The molecule has 0 aromatic carbocycles. The Kier molecular flexibility index (Phi) is 5.85. The number of hydrogen-bond acceptors (Lipinski definition) is 4. The molecule has 20 heavy (non-hydrogen) atoms. The van der Waals surface area contributed by atoms with Crippen LogP contribution in [0.2, 0.25) is 0 Å². The highest BCUT2D eigenvalue weighted by atomic mass is 16.5. The quantitative estimate of drug-likeness (QED) is 0.785. The van der Waals surface area contributed by atoms with Crippen molar-refractivity contribution in [2.24, 2.45) is 17.1 Å². The van der Waals surface area contributed by atoms with E-state index in [1.807, 2.05) is 0 Å². The summed E-state index contributed by atoms with van der Waals surface area (Å²) < 4.78 is 5.19. The van der Waals surface area contributed by atoms with Gasteiger partial charge in [-0.1, -0.05) is 19.3 Å². The number of carbonyl (C=O) groups is 1. The van der Waals surface area contributed by atoms with Gasteiger partial charge >= 0.3 is 5.97 Å². The van der Waals surface area contributed by atoms with Crippen LogP contribution in [-0.2, 0) is 9.53 Å². The van der Waals surface area contributed by atoms with Gasteiger partial charge in [0.1, 0.15) is 0 Å². The van der Waals surface area contributed by atoms with Gasteiger partial charge in [0.15, 0.2) is 0 Å². The fourth-order valence-electron chi connectivity index (χ4n) is 4.13. The predicted octanol–water partition coefficient (Wildman–Crippen LogP) is 2.17. The van der Waals surface area contributed by atoms with E-state index in [1.165, 1.54) is 32.1 Å². The highest BCUT2D eigenvalue weighted by molar-refractivity contribution is 5.77. The molecule has 116 valence electrons. The summed E-state index contributed by atoms with van der Waals surface area (Å²) in [4.78, 5) is 14.9. The number of nitrogens with two attached hydrogens (primary N) is 1. The van der Waals surface area contributed by atoms with Crippen LogP contribution in [0.1, 0.15) is 51.4 Å². The molecule has 0 radical (unpaired) electrons. The van der Waals surface area contributed by atoms with Crippen molar-refractivity contribution < 1.29 is 9.53 Å². The van der Waals surface area contributed by atoms with E-state index in [4.69, 9.17) is 10.5 Å². The Bertz CT molecular complexity index is 306. The number of rotatable bonds is 5. The lowest BCUT2D eigenvalue weighted by molar-refractivity contribution is -0.161. The lowest BCUT2D eigenvalue weighted by atomic mass is 9.63. The fourth-order valence-corrected chi connectivity index (χ4v) is 4.13. The van der Waals surface area contributed by atoms with Crippen LogP contribution >= 0.6 is 0 Å². The Balaban J connectivity index is 2.00. The third kappa shape index (κ3) is 3.34. The molecule has 0 spiro atoms. The Labute approximate surface area is 123 Å². The van der Waals surface area contributed by atoms with Crippen molar-refractivity contribution in [2.75, 3.05) is 33.3 Å². The number of ether oxygens (including phenoxy) is 1. The van der Waals surface area contributed by atoms with Gasteiger partial charge in [0, 0.05) is 0 Å². The molecule has 0 amide bonds. The van der Waals surface area contributed by atoms with E-state index in [2.05, 4.69) is 4.90 Å². The summed E-state index contributed by atoms with van der Waals surface area (Å²) in [6.07, 6.45) is 9.28. The lowest BCUT2D eigenvalue weighted by Crippen LogP contribution is -2.49. The maximum atomic E-state index is 12.4. The molecular weight excluding hydrogens is 252 g/mol. The van der Waals surface area contributed by atoms with Gasteiger partial charge in [-0.15, -0.1) is 0 Å². The second-order valence-electron chi connectivity index (χ2n) is 6.47. The first kappa shape index (κ1) is 15.8. The van der Waals surface area contributed by atoms with Gasteiger partial charge in [0.25, 0.3) is 0 Å². The summed E-state index contributed by atoms with van der Waals surface area (Å²) >= 11 is 0. The van der Waals surface area contributed by atoms with Crippen LogP contribution in [0.5, 0.6) is 0 Å². The van der Waals surface area contributed by atoms with Crippen LogP contribution in [0.15, 0.2) is 0 Å². The summed E-state index contributed by atoms with van der Waals surface area (Å²) in [5.74, 6) is 0.586. The topological polar surface area (TPSA) is 55.6 Å². The Morgan fingerprint density at radius 3 is 2.45 bits per heavy atom. The van der Waals surface area contributed by atoms with Gasteiger partial charge in [-0.2, -0.15) is 0 Å². The van der Waals surface area contributed by atoms with Crippen molar-refractivity contribution >= 4 is 5.97 Å². The van der Waals surface area contributed by atoms with Crippen molar-refractivity contribution in [2.45, 2.75) is 51.4 Å². The van der Waals surface area contributed by atoms with Crippen molar-refractivity contribution in [3.05, 3.63) is 0 Å². The summed E-state index contributed by atoms with van der Waals surface area (Å²) in [6, 6.07) is 0. The van der Waals surface area contributed by atoms with E-state index in [0.29, 0.717) is 5.92 Å². The minimum absolute atomic E-state index is 0.0443. The number of esters is 1. The minimum Gasteiger partial charge on any atom is -0.469 e. The molecule has 1 aliphatic carbocycles. The predicted molar refractivity (Wildman–Crippen MR) is 80.4 cm³/mol.